The van der Waals surface area contributed by atoms with Crippen molar-refractivity contribution in [3.05, 3.63) is 47.6 Å². The van der Waals surface area contributed by atoms with Crippen LogP contribution in [0.15, 0.2) is 42.6 Å². The Morgan fingerprint density at radius 2 is 1.85 bits per heavy atom. The van der Waals surface area contributed by atoms with Crippen LogP contribution in [0.2, 0.25) is 5.02 Å². The third-order valence-corrected chi connectivity index (χ3v) is 5.50. The number of benzene rings is 1. The third-order valence-electron chi connectivity index (χ3n) is 4.20. The lowest BCUT2D eigenvalue weighted by Crippen LogP contribution is -2.36. The molecule has 134 valence electrons. The lowest BCUT2D eigenvalue weighted by atomic mass is 10.1. The van der Waals surface area contributed by atoms with Crippen LogP contribution in [0.4, 0.5) is 5.13 Å². The van der Waals surface area contributed by atoms with Gasteiger partial charge in [-0.3, -0.25) is 0 Å². The second-order valence-corrected chi connectivity index (χ2v) is 7.34. The van der Waals surface area contributed by atoms with Crippen LogP contribution in [0.1, 0.15) is 0 Å². The second-order valence-electron chi connectivity index (χ2n) is 5.89. The number of methoxy groups -OCH3 is 1. The highest BCUT2D eigenvalue weighted by Crippen LogP contribution is 2.33. The largest absolute Gasteiger partial charge is 0.497 e. The number of pyridine rings is 1. The summed E-state index contributed by atoms with van der Waals surface area (Å²) in [6.45, 7) is 3.22. The van der Waals surface area contributed by atoms with E-state index in [0.717, 1.165) is 59.0 Å². The number of halogens is 1. The molecule has 0 spiro atoms. The first-order valence-electron chi connectivity index (χ1n) is 8.34. The van der Waals surface area contributed by atoms with Gasteiger partial charge in [-0.15, -0.1) is 0 Å². The summed E-state index contributed by atoms with van der Waals surface area (Å²) in [4.78, 5) is 12.6. The van der Waals surface area contributed by atoms with Crippen molar-refractivity contribution in [2.75, 3.05) is 38.3 Å². The topological polar surface area (TPSA) is 47.5 Å². The molecule has 0 unspecified atom stereocenters. The van der Waals surface area contributed by atoms with Crippen molar-refractivity contribution in [3.63, 3.8) is 0 Å². The number of ether oxygens (including phenoxy) is 2. The summed E-state index contributed by atoms with van der Waals surface area (Å²) in [7, 11) is 1.65. The summed E-state index contributed by atoms with van der Waals surface area (Å²) < 4.78 is 10.6. The van der Waals surface area contributed by atoms with Crippen molar-refractivity contribution < 1.29 is 9.47 Å². The molecular formula is C19H18ClN3O2S. The summed E-state index contributed by atoms with van der Waals surface area (Å²) in [6.07, 6.45) is 1.87. The number of thiazole rings is 1. The molecule has 26 heavy (non-hydrogen) atoms. The Hall–Kier alpha value is -2.15. The Labute approximate surface area is 161 Å². The maximum Gasteiger partial charge on any atom is 0.186 e. The first-order valence-corrected chi connectivity index (χ1v) is 9.53. The van der Waals surface area contributed by atoms with Crippen LogP contribution in [-0.2, 0) is 4.74 Å². The number of hydrogen-bond donors (Lipinski definition) is 0. The van der Waals surface area contributed by atoms with Gasteiger partial charge in [-0.2, -0.15) is 0 Å². The Morgan fingerprint density at radius 3 is 2.58 bits per heavy atom. The van der Waals surface area contributed by atoms with Crippen molar-refractivity contribution in [1.82, 2.24) is 9.97 Å². The number of nitrogens with zero attached hydrogens (tertiary/aromatic N) is 3. The van der Waals surface area contributed by atoms with Crippen molar-refractivity contribution >= 4 is 28.1 Å². The van der Waals surface area contributed by atoms with E-state index in [1.165, 1.54) is 0 Å². The smallest absolute Gasteiger partial charge is 0.186 e. The molecule has 0 bridgehead atoms. The molecule has 1 aliphatic heterocycles. The molecule has 3 heterocycles. The zero-order valence-electron chi connectivity index (χ0n) is 14.3. The molecule has 4 rings (SSSR count). The molecule has 0 N–H and O–H groups in total. The molecule has 5 nitrogen and oxygen atoms in total. The summed E-state index contributed by atoms with van der Waals surface area (Å²) in [5.74, 6) is 0.814. The fourth-order valence-corrected chi connectivity index (χ4v) is 3.95. The molecule has 3 aromatic rings. The maximum absolute atomic E-state index is 6.36. The van der Waals surface area contributed by atoms with E-state index in [9.17, 15) is 0 Å². The molecular weight excluding hydrogens is 370 g/mol. The molecule has 0 radical (unpaired) electrons. The number of anilines is 1. The first-order chi connectivity index (χ1) is 12.7. The van der Waals surface area contributed by atoms with Crippen LogP contribution in [0.3, 0.4) is 0 Å². The number of aromatic nitrogens is 2. The Bertz CT molecular complexity index is 892. The fourth-order valence-electron chi connectivity index (χ4n) is 2.82. The molecule has 1 aliphatic rings. The molecule has 1 aromatic carbocycles. The van der Waals surface area contributed by atoms with Gasteiger partial charge in [0.05, 0.1) is 36.6 Å². The summed E-state index contributed by atoms with van der Waals surface area (Å²) in [5, 5.41) is 1.65. The summed E-state index contributed by atoms with van der Waals surface area (Å²) in [5.41, 5.74) is 2.66. The predicted molar refractivity (Wildman–Crippen MR) is 105 cm³/mol. The van der Waals surface area contributed by atoms with Crippen molar-refractivity contribution in [1.29, 1.82) is 0 Å². The van der Waals surface area contributed by atoms with E-state index in [1.54, 1.807) is 18.4 Å². The molecule has 0 aliphatic carbocycles. The molecule has 0 saturated carbocycles. The SMILES string of the molecule is COc1ccc(-c2cc(Cl)cc(-c3cnc(N4CCOCC4)s3)n2)cc1. The average Bonchev–Trinajstić information content (AvgIpc) is 3.19. The minimum Gasteiger partial charge on any atom is -0.497 e. The number of hydrogen-bond acceptors (Lipinski definition) is 6. The van der Waals surface area contributed by atoms with Crippen LogP contribution < -0.4 is 9.64 Å². The Balaban J connectivity index is 1.64. The van der Waals surface area contributed by atoms with Gasteiger partial charge < -0.3 is 14.4 Å². The molecule has 0 atom stereocenters. The van der Waals surface area contributed by atoms with E-state index in [1.807, 2.05) is 42.6 Å². The monoisotopic (exact) mass is 387 g/mol. The number of rotatable bonds is 4. The summed E-state index contributed by atoms with van der Waals surface area (Å²) >= 11 is 7.99. The van der Waals surface area contributed by atoms with E-state index < -0.39 is 0 Å². The quantitative estimate of drug-likeness (QED) is 0.665. The van der Waals surface area contributed by atoms with E-state index in [0.29, 0.717) is 5.02 Å². The van der Waals surface area contributed by atoms with Gasteiger partial charge in [-0.1, -0.05) is 22.9 Å². The molecule has 2 aromatic heterocycles. The standard InChI is InChI=1S/C19H18ClN3O2S/c1-24-15-4-2-13(3-5-15)16-10-14(20)11-17(22-16)18-12-21-19(26-18)23-6-8-25-9-7-23/h2-5,10-12H,6-9H2,1H3. The van der Waals surface area contributed by atoms with Gasteiger partial charge in [0.25, 0.3) is 0 Å². The van der Waals surface area contributed by atoms with Crippen molar-refractivity contribution in [3.8, 4) is 27.6 Å². The lowest BCUT2D eigenvalue weighted by molar-refractivity contribution is 0.122. The van der Waals surface area contributed by atoms with Gasteiger partial charge in [-0.25, -0.2) is 9.97 Å². The normalized spacial score (nSPS) is 14.5. The minimum atomic E-state index is 0.655. The van der Waals surface area contributed by atoms with Gasteiger partial charge in [-0.05, 0) is 36.4 Å². The molecule has 7 heteroatoms. The summed E-state index contributed by atoms with van der Waals surface area (Å²) in [6, 6.07) is 11.5. The highest BCUT2D eigenvalue weighted by Gasteiger charge is 2.16. The van der Waals surface area contributed by atoms with Crippen LogP contribution in [0.5, 0.6) is 5.75 Å². The van der Waals surface area contributed by atoms with Gasteiger partial charge in [0.15, 0.2) is 5.13 Å². The maximum atomic E-state index is 6.36. The first kappa shape index (κ1) is 17.3. The highest BCUT2D eigenvalue weighted by molar-refractivity contribution is 7.18. The van der Waals surface area contributed by atoms with E-state index in [2.05, 4.69) is 9.88 Å². The predicted octanol–water partition coefficient (Wildman–Crippen LogP) is 4.37. The van der Waals surface area contributed by atoms with E-state index in [-0.39, 0.29) is 0 Å². The van der Waals surface area contributed by atoms with Crippen LogP contribution in [0, 0.1) is 0 Å². The van der Waals surface area contributed by atoms with E-state index in [4.69, 9.17) is 26.1 Å². The molecule has 0 amide bonds. The van der Waals surface area contributed by atoms with Gasteiger partial charge >= 0.3 is 0 Å². The second kappa shape index (κ2) is 7.61. The third kappa shape index (κ3) is 3.67. The fraction of sp³-hybridized carbons (Fsp3) is 0.263. The molecule has 1 fully saturated rings. The zero-order chi connectivity index (χ0) is 17.9. The molecule has 1 saturated heterocycles. The lowest BCUT2D eigenvalue weighted by Gasteiger charge is -2.25. The van der Waals surface area contributed by atoms with Crippen molar-refractivity contribution in [2.45, 2.75) is 0 Å². The van der Waals surface area contributed by atoms with Gasteiger partial charge in [0.2, 0.25) is 0 Å². The zero-order valence-corrected chi connectivity index (χ0v) is 15.9. The van der Waals surface area contributed by atoms with Gasteiger partial charge in [0, 0.05) is 29.9 Å². The average molecular weight is 388 g/mol. The minimum absolute atomic E-state index is 0.655. The van der Waals surface area contributed by atoms with Crippen LogP contribution >= 0.6 is 22.9 Å². The van der Waals surface area contributed by atoms with Crippen molar-refractivity contribution in [2.24, 2.45) is 0 Å². The van der Waals surface area contributed by atoms with Crippen LogP contribution in [-0.4, -0.2) is 43.4 Å². The highest BCUT2D eigenvalue weighted by atomic mass is 35.5. The Kier molecular flexibility index (Phi) is 5.06. The van der Waals surface area contributed by atoms with Gasteiger partial charge in [0.1, 0.15) is 5.75 Å². The van der Waals surface area contributed by atoms with Crippen LogP contribution in [0.25, 0.3) is 21.8 Å². The Morgan fingerprint density at radius 1 is 1.12 bits per heavy atom. The number of morpholine rings is 1. The van der Waals surface area contributed by atoms with E-state index >= 15 is 0 Å².